The van der Waals surface area contributed by atoms with Gasteiger partial charge in [-0.3, -0.25) is 4.79 Å². The molecule has 2 rings (SSSR count). The molecule has 0 atom stereocenters. The lowest BCUT2D eigenvalue weighted by Gasteiger charge is -2.09. The van der Waals surface area contributed by atoms with Gasteiger partial charge in [-0.2, -0.15) is 16.4 Å². The molecule has 0 fully saturated rings. The Kier molecular flexibility index (Phi) is 4.19. The Balaban J connectivity index is 2.18. The number of halogens is 1. The molecule has 2 aromatic heterocycles. The fourth-order valence-corrected chi connectivity index (χ4v) is 2.88. The third-order valence-electron chi connectivity index (χ3n) is 2.72. The van der Waals surface area contributed by atoms with Crippen molar-refractivity contribution in [1.82, 2.24) is 9.78 Å². The Labute approximate surface area is 118 Å². The predicted molar refractivity (Wildman–Crippen MR) is 78.3 cm³/mol. The Morgan fingerprint density at radius 3 is 2.89 bits per heavy atom. The first-order valence-electron chi connectivity index (χ1n) is 5.64. The lowest BCUT2D eigenvalue weighted by atomic mass is 10.2. The number of aryl methyl sites for hydroxylation is 2. The maximum Gasteiger partial charge on any atom is 0.283 e. The fourth-order valence-electron chi connectivity index (χ4n) is 1.57. The molecule has 0 aliphatic heterocycles. The van der Waals surface area contributed by atoms with Gasteiger partial charge in [0.2, 0.25) is 0 Å². The first-order valence-corrected chi connectivity index (χ1v) is 7.38. The van der Waals surface area contributed by atoms with Gasteiger partial charge in [0.1, 0.15) is 4.47 Å². The number of hydrogen-bond acceptors (Lipinski definition) is 4. The Bertz CT molecular complexity index is 606. The van der Waals surface area contributed by atoms with Gasteiger partial charge in [-0.1, -0.05) is 0 Å². The van der Waals surface area contributed by atoms with Gasteiger partial charge in [-0.25, -0.2) is 4.68 Å². The summed E-state index contributed by atoms with van der Waals surface area (Å²) in [6.07, 6.45) is 1.68. The van der Waals surface area contributed by atoms with Crippen LogP contribution in [0.5, 0.6) is 0 Å². The second-order valence-electron chi connectivity index (χ2n) is 3.93. The van der Waals surface area contributed by atoms with E-state index in [-0.39, 0.29) is 5.56 Å². The molecule has 96 valence electrons. The lowest BCUT2D eigenvalue weighted by Crippen LogP contribution is -2.23. The number of aromatic nitrogens is 2. The topological polar surface area (TPSA) is 46.9 Å². The van der Waals surface area contributed by atoms with E-state index in [2.05, 4.69) is 44.0 Å². The minimum atomic E-state index is -0.107. The maximum atomic E-state index is 11.9. The molecule has 0 saturated carbocycles. The van der Waals surface area contributed by atoms with E-state index in [9.17, 15) is 4.79 Å². The van der Waals surface area contributed by atoms with E-state index in [0.717, 1.165) is 5.69 Å². The molecule has 0 bridgehead atoms. The van der Waals surface area contributed by atoms with E-state index in [1.165, 1.54) is 15.8 Å². The summed E-state index contributed by atoms with van der Waals surface area (Å²) in [5.74, 6) is 0. The smallest absolute Gasteiger partial charge is 0.283 e. The van der Waals surface area contributed by atoms with Crippen LogP contribution in [-0.2, 0) is 13.1 Å². The third kappa shape index (κ3) is 2.64. The van der Waals surface area contributed by atoms with Crippen LogP contribution in [0.1, 0.15) is 18.1 Å². The van der Waals surface area contributed by atoms with Gasteiger partial charge >= 0.3 is 0 Å². The van der Waals surface area contributed by atoms with Crippen molar-refractivity contribution in [2.24, 2.45) is 0 Å². The Morgan fingerprint density at radius 2 is 2.28 bits per heavy atom. The monoisotopic (exact) mass is 327 g/mol. The summed E-state index contributed by atoms with van der Waals surface area (Å²) in [5, 5.41) is 11.5. The van der Waals surface area contributed by atoms with Crippen molar-refractivity contribution < 1.29 is 0 Å². The van der Waals surface area contributed by atoms with Crippen molar-refractivity contribution in [3.63, 3.8) is 0 Å². The molecule has 2 aromatic rings. The molecule has 0 radical (unpaired) electrons. The summed E-state index contributed by atoms with van der Waals surface area (Å²) in [7, 11) is 0. The number of thiophene rings is 1. The minimum Gasteiger partial charge on any atom is -0.379 e. The van der Waals surface area contributed by atoms with E-state index < -0.39 is 0 Å². The number of nitrogens with zero attached hydrogens (tertiary/aromatic N) is 2. The average Bonchev–Trinajstić information content (AvgIpc) is 2.77. The van der Waals surface area contributed by atoms with Crippen molar-refractivity contribution in [2.45, 2.75) is 26.9 Å². The first kappa shape index (κ1) is 13.3. The molecule has 0 saturated heterocycles. The quantitative estimate of drug-likeness (QED) is 0.938. The van der Waals surface area contributed by atoms with Gasteiger partial charge < -0.3 is 5.32 Å². The van der Waals surface area contributed by atoms with Gasteiger partial charge in [0.05, 0.1) is 11.9 Å². The highest BCUT2D eigenvalue weighted by Crippen LogP contribution is 2.19. The summed E-state index contributed by atoms with van der Waals surface area (Å²) in [5.41, 5.74) is 3.13. The normalized spacial score (nSPS) is 10.6. The van der Waals surface area contributed by atoms with Crippen LogP contribution in [0, 0.1) is 6.92 Å². The zero-order valence-corrected chi connectivity index (χ0v) is 12.6. The van der Waals surface area contributed by atoms with E-state index in [1.54, 1.807) is 17.5 Å². The van der Waals surface area contributed by atoms with E-state index >= 15 is 0 Å². The Hall–Kier alpha value is -1.14. The number of nitrogens with one attached hydrogen (secondary N) is 1. The molecule has 0 unspecified atom stereocenters. The molecule has 0 amide bonds. The molecule has 2 heterocycles. The van der Waals surface area contributed by atoms with Crippen molar-refractivity contribution in [3.8, 4) is 0 Å². The maximum absolute atomic E-state index is 11.9. The summed E-state index contributed by atoms with van der Waals surface area (Å²) < 4.78 is 1.96. The zero-order valence-electron chi connectivity index (χ0n) is 10.2. The molecule has 18 heavy (non-hydrogen) atoms. The number of anilines is 1. The van der Waals surface area contributed by atoms with Crippen LogP contribution in [-0.4, -0.2) is 9.78 Å². The minimum absolute atomic E-state index is 0.107. The largest absolute Gasteiger partial charge is 0.379 e. The van der Waals surface area contributed by atoms with Crippen molar-refractivity contribution in [1.29, 1.82) is 0 Å². The molecule has 0 spiro atoms. The second kappa shape index (κ2) is 5.67. The SMILES string of the molecule is CCn1ncc(NCc2cscc2C)c(Br)c1=O. The average molecular weight is 328 g/mol. The van der Waals surface area contributed by atoms with Crippen LogP contribution < -0.4 is 10.9 Å². The molecule has 1 N–H and O–H groups in total. The van der Waals surface area contributed by atoms with E-state index in [1.807, 2.05) is 6.92 Å². The molecular formula is C12H14BrN3OS. The summed E-state index contributed by atoms with van der Waals surface area (Å²) in [4.78, 5) is 11.9. The summed E-state index contributed by atoms with van der Waals surface area (Å²) in [6, 6.07) is 0. The van der Waals surface area contributed by atoms with Crippen LogP contribution in [0.4, 0.5) is 5.69 Å². The molecule has 4 nitrogen and oxygen atoms in total. The van der Waals surface area contributed by atoms with Crippen LogP contribution in [0.15, 0.2) is 26.2 Å². The van der Waals surface area contributed by atoms with Crippen molar-refractivity contribution in [3.05, 3.63) is 42.9 Å². The highest BCUT2D eigenvalue weighted by molar-refractivity contribution is 9.10. The van der Waals surface area contributed by atoms with Gasteiger partial charge in [0.25, 0.3) is 5.56 Å². The van der Waals surface area contributed by atoms with Crippen molar-refractivity contribution in [2.75, 3.05) is 5.32 Å². The van der Waals surface area contributed by atoms with Gasteiger partial charge in [0, 0.05) is 13.1 Å². The zero-order chi connectivity index (χ0) is 13.1. The predicted octanol–water partition coefficient (Wildman–Crippen LogP) is 3.01. The molecule has 0 aromatic carbocycles. The molecule has 0 aliphatic rings. The van der Waals surface area contributed by atoms with Crippen molar-refractivity contribution >= 4 is 33.0 Å². The summed E-state index contributed by atoms with van der Waals surface area (Å²) in [6.45, 7) is 5.24. The lowest BCUT2D eigenvalue weighted by molar-refractivity contribution is 0.613. The standard InChI is InChI=1S/C12H14BrN3OS/c1-3-16-12(17)11(13)10(5-15-16)14-4-9-7-18-6-8(9)2/h5-7,14H,3-4H2,1-2H3. The second-order valence-corrected chi connectivity index (χ2v) is 5.46. The molecule has 6 heteroatoms. The van der Waals surface area contributed by atoms with E-state index in [0.29, 0.717) is 17.6 Å². The summed E-state index contributed by atoms with van der Waals surface area (Å²) >= 11 is 5.00. The van der Waals surface area contributed by atoms with Crippen LogP contribution in [0.25, 0.3) is 0 Å². The number of hydrogen-bond donors (Lipinski definition) is 1. The van der Waals surface area contributed by atoms with Gasteiger partial charge in [-0.05, 0) is 51.7 Å². The highest BCUT2D eigenvalue weighted by atomic mass is 79.9. The molecular weight excluding hydrogens is 314 g/mol. The Morgan fingerprint density at radius 1 is 1.50 bits per heavy atom. The number of rotatable bonds is 4. The van der Waals surface area contributed by atoms with Crippen LogP contribution in [0.2, 0.25) is 0 Å². The third-order valence-corrected chi connectivity index (χ3v) is 4.39. The van der Waals surface area contributed by atoms with E-state index in [4.69, 9.17) is 0 Å². The van der Waals surface area contributed by atoms with Gasteiger partial charge in [0.15, 0.2) is 0 Å². The molecule has 0 aliphatic carbocycles. The highest BCUT2D eigenvalue weighted by Gasteiger charge is 2.08. The van der Waals surface area contributed by atoms with Crippen LogP contribution in [0.3, 0.4) is 0 Å². The first-order chi connectivity index (χ1) is 8.63. The van der Waals surface area contributed by atoms with Gasteiger partial charge in [-0.15, -0.1) is 0 Å². The van der Waals surface area contributed by atoms with Crippen LogP contribution >= 0.6 is 27.3 Å². The fraction of sp³-hybridized carbons (Fsp3) is 0.333.